The predicted octanol–water partition coefficient (Wildman–Crippen LogP) is 3.93. The summed E-state index contributed by atoms with van der Waals surface area (Å²) in [5.74, 6) is 0.555. The maximum Gasteiger partial charge on any atom is 0.125 e. The average Bonchev–Trinajstić information content (AvgIpc) is 2.71. The fourth-order valence-corrected chi connectivity index (χ4v) is 2.92. The molecule has 0 aromatic carbocycles. The Morgan fingerprint density at radius 3 is 2.33 bits per heavy atom. The molecule has 0 aliphatic carbocycles. The number of hydrogen-bond donors (Lipinski definition) is 0. The minimum absolute atomic E-state index is 0.169. The van der Waals surface area contributed by atoms with Crippen molar-refractivity contribution in [2.45, 2.75) is 52.1 Å². The first-order valence-corrected chi connectivity index (χ1v) is 6.42. The van der Waals surface area contributed by atoms with Gasteiger partial charge in [0.05, 0.1) is 0 Å². The molecular weight excluding hydrogens is 206 g/mol. The normalized spacial score (nSPS) is 12.4. The van der Waals surface area contributed by atoms with Crippen LogP contribution in [-0.2, 0) is 10.3 Å². The van der Waals surface area contributed by atoms with Crippen LogP contribution in [0.2, 0.25) is 0 Å². The van der Waals surface area contributed by atoms with E-state index in [9.17, 15) is 0 Å². The van der Waals surface area contributed by atoms with Crippen molar-refractivity contribution in [2.24, 2.45) is 0 Å². The highest BCUT2D eigenvalue weighted by molar-refractivity contribution is 7.11. The summed E-state index contributed by atoms with van der Waals surface area (Å²) in [6, 6.07) is 0. The molecule has 1 aromatic heterocycles. The number of rotatable bonds is 5. The quantitative estimate of drug-likeness (QED) is 0.760. The van der Waals surface area contributed by atoms with Crippen LogP contribution in [0.15, 0.2) is 6.20 Å². The van der Waals surface area contributed by atoms with E-state index in [1.54, 1.807) is 18.4 Å². The monoisotopic (exact) mass is 227 g/mol. The van der Waals surface area contributed by atoms with Crippen LogP contribution in [0.3, 0.4) is 0 Å². The summed E-state index contributed by atoms with van der Waals surface area (Å²) in [6.45, 7) is 8.71. The molecule has 1 rings (SSSR count). The Hall–Kier alpha value is -0.410. The molecule has 0 saturated carbocycles. The minimum atomic E-state index is -0.169. The molecule has 1 heterocycles. The Bertz CT molecular complexity index is 294. The lowest BCUT2D eigenvalue weighted by atomic mass is 9.98. The van der Waals surface area contributed by atoms with Gasteiger partial charge in [-0.1, -0.05) is 27.7 Å². The van der Waals surface area contributed by atoms with Gasteiger partial charge in [0.25, 0.3) is 0 Å². The van der Waals surface area contributed by atoms with Gasteiger partial charge >= 0.3 is 0 Å². The highest BCUT2D eigenvalue weighted by atomic mass is 32.1. The van der Waals surface area contributed by atoms with E-state index in [4.69, 9.17) is 4.74 Å². The molecule has 2 nitrogen and oxygen atoms in total. The molecule has 1 aromatic rings. The number of hydrogen-bond acceptors (Lipinski definition) is 3. The second-order valence-electron chi connectivity index (χ2n) is 4.13. The van der Waals surface area contributed by atoms with Crippen molar-refractivity contribution in [1.82, 2.24) is 4.98 Å². The van der Waals surface area contributed by atoms with Gasteiger partial charge in [-0.2, -0.15) is 0 Å². The maximum atomic E-state index is 5.66. The van der Waals surface area contributed by atoms with E-state index in [0.29, 0.717) is 5.92 Å². The van der Waals surface area contributed by atoms with Crippen LogP contribution in [0.25, 0.3) is 0 Å². The molecule has 86 valence electrons. The van der Waals surface area contributed by atoms with Gasteiger partial charge in [0, 0.05) is 18.2 Å². The number of methoxy groups -OCH3 is 1. The lowest BCUT2D eigenvalue weighted by Gasteiger charge is -2.27. The van der Waals surface area contributed by atoms with E-state index in [0.717, 1.165) is 17.8 Å². The lowest BCUT2D eigenvalue weighted by Crippen LogP contribution is -2.26. The molecule has 0 aliphatic heterocycles. The first-order valence-electron chi connectivity index (χ1n) is 5.61. The Morgan fingerprint density at radius 2 is 2.00 bits per heavy atom. The van der Waals surface area contributed by atoms with Gasteiger partial charge in [-0.25, -0.2) is 4.98 Å². The van der Waals surface area contributed by atoms with Crippen LogP contribution in [0.1, 0.15) is 56.3 Å². The molecular formula is C12H21NOS. The molecule has 0 aliphatic rings. The second kappa shape index (κ2) is 5.08. The van der Waals surface area contributed by atoms with Crippen LogP contribution in [0.5, 0.6) is 0 Å². The zero-order valence-electron chi connectivity index (χ0n) is 10.3. The van der Waals surface area contributed by atoms with Crippen LogP contribution >= 0.6 is 11.3 Å². The average molecular weight is 227 g/mol. The Kier molecular flexibility index (Phi) is 4.29. The van der Waals surface area contributed by atoms with Crippen molar-refractivity contribution < 1.29 is 4.74 Å². The summed E-state index contributed by atoms with van der Waals surface area (Å²) in [5.41, 5.74) is -0.169. The Morgan fingerprint density at radius 1 is 1.40 bits per heavy atom. The smallest absolute Gasteiger partial charge is 0.125 e. The zero-order valence-corrected chi connectivity index (χ0v) is 11.1. The summed E-state index contributed by atoms with van der Waals surface area (Å²) < 4.78 is 5.66. The topological polar surface area (TPSA) is 22.1 Å². The molecule has 0 spiro atoms. The van der Waals surface area contributed by atoms with Gasteiger partial charge in [-0.15, -0.1) is 11.3 Å². The third kappa shape index (κ3) is 2.40. The van der Waals surface area contributed by atoms with Crippen molar-refractivity contribution in [3.8, 4) is 0 Å². The largest absolute Gasteiger partial charge is 0.371 e. The molecule has 3 heteroatoms. The molecule has 0 atom stereocenters. The van der Waals surface area contributed by atoms with Gasteiger partial charge in [0.15, 0.2) is 0 Å². The zero-order chi connectivity index (χ0) is 11.5. The highest BCUT2D eigenvalue weighted by Crippen LogP contribution is 2.36. The van der Waals surface area contributed by atoms with Crippen molar-refractivity contribution in [3.63, 3.8) is 0 Å². The minimum Gasteiger partial charge on any atom is -0.371 e. The van der Waals surface area contributed by atoms with Gasteiger partial charge < -0.3 is 4.74 Å². The van der Waals surface area contributed by atoms with Crippen LogP contribution in [0, 0.1) is 0 Å². The van der Waals surface area contributed by atoms with Gasteiger partial charge in [0.1, 0.15) is 10.6 Å². The molecule has 0 fully saturated rings. The maximum absolute atomic E-state index is 5.66. The van der Waals surface area contributed by atoms with Crippen LogP contribution < -0.4 is 0 Å². The van der Waals surface area contributed by atoms with Gasteiger partial charge in [0.2, 0.25) is 0 Å². The number of ether oxygens (including phenoxy) is 1. The van der Waals surface area contributed by atoms with E-state index in [-0.39, 0.29) is 5.60 Å². The Balaban J connectivity index is 3.01. The summed E-state index contributed by atoms with van der Waals surface area (Å²) >= 11 is 1.79. The van der Waals surface area contributed by atoms with E-state index in [2.05, 4.69) is 32.7 Å². The highest BCUT2D eigenvalue weighted by Gasteiger charge is 2.31. The van der Waals surface area contributed by atoms with Gasteiger partial charge in [-0.05, 0) is 18.8 Å². The van der Waals surface area contributed by atoms with E-state index in [1.807, 2.05) is 6.20 Å². The van der Waals surface area contributed by atoms with Crippen molar-refractivity contribution >= 4 is 11.3 Å². The summed E-state index contributed by atoms with van der Waals surface area (Å²) in [5, 5.41) is 1.12. The third-order valence-electron chi connectivity index (χ3n) is 3.02. The molecule has 0 radical (unpaired) electrons. The molecule has 0 N–H and O–H groups in total. The van der Waals surface area contributed by atoms with Crippen molar-refractivity contribution in [2.75, 3.05) is 7.11 Å². The van der Waals surface area contributed by atoms with E-state index in [1.165, 1.54) is 4.88 Å². The Labute approximate surface area is 96.7 Å². The lowest BCUT2D eigenvalue weighted by molar-refractivity contribution is -0.0218. The first-order chi connectivity index (χ1) is 7.09. The number of nitrogens with zero attached hydrogens (tertiary/aromatic N) is 1. The summed E-state index contributed by atoms with van der Waals surface area (Å²) in [7, 11) is 1.78. The number of thiazole rings is 1. The van der Waals surface area contributed by atoms with Gasteiger partial charge in [-0.3, -0.25) is 0 Å². The molecule has 0 unspecified atom stereocenters. The second-order valence-corrected chi connectivity index (χ2v) is 5.19. The molecule has 0 bridgehead atoms. The molecule has 0 amide bonds. The standard InChI is InChI=1S/C12H21NOS/c1-6-12(7-2,14-5)11-13-8-10(15-11)9(3)4/h8-9H,6-7H2,1-5H3. The van der Waals surface area contributed by atoms with Crippen LogP contribution in [0.4, 0.5) is 0 Å². The first kappa shape index (κ1) is 12.7. The molecule has 15 heavy (non-hydrogen) atoms. The predicted molar refractivity (Wildman–Crippen MR) is 65.5 cm³/mol. The summed E-state index contributed by atoms with van der Waals surface area (Å²) in [4.78, 5) is 5.86. The SMILES string of the molecule is CCC(CC)(OC)c1ncc(C(C)C)s1. The fraction of sp³-hybridized carbons (Fsp3) is 0.750. The van der Waals surface area contributed by atoms with Crippen molar-refractivity contribution in [3.05, 3.63) is 16.1 Å². The molecule has 0 saturated heterocycles. The number of aromatic nitrogens is 1. The van der Waals surface area contributed by atoms with Crippen molar-refractivity contribution in [1.29, 1.82) is 0 Å². The fourth-order valence-electron chi connectivity index (χ4n) is 1.69. The summed E-state index contributed by atoms with van der Waals surface area (Å²) in [6.07, 6.45) is 3.94. The third-order valence-corrected chi connectivity index (χ3v) is 4.50. The van der Waals surface area contributed by atoms with Crippen LogP contribution in [-0.4, -0.2) is 12.1 Å². The van der Waals surface area contributed by atoms with E-state index < -0.39 is 0 Å². The van der Waals surface area contributed by atoms with E-state index >= 15 is 0 Å².